The second-order valence-electron chi connectivity index (χ2n) is 4.10. The molecule has 0 saturated carbocycles. The van der Waals surface area contributed by atoms with Crippen molar-refractivity contribution in [1.82, 2.24) is 4.98 Å². The van der Waals surface area contributed by atoms with Crippen LogP contribution < -0.4 is 0 Å². The molecule has 0 spiro atoms. The van der Waals surface area contributed by atoms with Crippen molar-refractivity contribution in [2.45, 2.75) is 6.92 Å². The highest BCUT2D eigenvalue weighted by Crippen LogP contribution is 2.28. The van der Waals surface area contributed by atoms with Crippen molar-refractivity contribution >= 4 is 34.3 Å². The topological polar surface area (TPSA) is 26.0 Å². The number of aromatic nitrogens is 1. The van der Waals surface area contributed by atoms with Gasteiger partial charge >= 0.3 is 0 Å². The zero-order valence-electron chi connectivity index (χ0n) is 9.58. The van der Waals surface area contributed by atoms with E-state index in [4.69, 9.17) is 27.6 Å². The maximum Gasteiger partial charge on any atom is 0.227 e. The van der Waals surface area contributed by atoms with Crippen molar-refractivity contribution in [3.63, 3.8) is 0 Å². The quantitative estimate of drug-likeness (QED) is 0.618. The molecule has 4 heteroatoms. The Morgan fingerprint density at radius 2 is 1.89 bits per heavy atom. The van der Waals surface area contributed by atoms with Crippen molar-refractivity contribution in [3.8, 4) is 11.5 Å². The van der Waals surface area contributed by atoms with Crippen molar-refractivity contribution in [2.75, 3.05) is 0 Å². The maximum atomic E-state index is 6.00. The summed E-state index contributed by atoms with van der Waals surface area (Å²) in [7, 11) is 0. The molecule has 2 aromatic carbocycles. The summed E-state index contributed by atoms with van der Waals surface area (Å²) < 4.78 is 5.69. The number of oxazole rings is 1. The van der Waals surface area contributed by atoms with Crippen LogP contribution in [0.25, 0.3) is 22.6 Å². The molecule has 3 aromatic rings. The van der Waals surface area contributed by atoms with E-state index in [1.807, 2.05) is 31.2 Å². The highest BCUT2D eigenvalue weighted by atomic mass is 35.5. The third-order valence-corrected chi connectivity index (χ3v) is 3.41. The van der Waals surface area contributed by atoms with Gasteiger partial charge in [-0.05, 0) is 48.9 Å². The van der Waals surface area contributed by atoms with Gasteiger partial charge in [0, 0.05) is 15.6 Å². The lowest BCUT2D eigenvalue weighted by Gasteiger charge is -1.99. The van der Waals surface area contributed by atoms with Gasteiger partial charge in [-0.15, -0.1) is 0 Å². The molecule has 1 aromatic heterocycles. The lowest BCUT2D eigenvalue weighted by atomic mass is 10.1. The zero-order valence-corrected chi connectivity index (χ0v) is 11.1. The van der Waals surface area contributed by atoms with Crippen LogP contribution in [0.3, 0.4) is 0 Å². The second kappa shape index (κ2) is 4.30. The van der Waals surface area contributed by atoms with Crippen LogP contribution in [0.5, 0.6) is 0 Å². The molecule has 90 valence electrons. The normalized spacial score (nSPS) is 11.1. The highest BCUT2D eigenvalue weighted by Gasteiger charge is 2.09. The van der Waals surface area contributed by atoms with E-state index in [9.17, 15) is 0 Å². The summed E-state index contributed by atoms with van der Waals surface area (Å²) in [6.07, 6.45) is 0. The number of hydrogen-bond acceptors (Lipinski definition) is 2. The van der Waals surface area contributed by atoms with Gasteiger partial charge in [-0.25, -0.2) is 4.98 Å². The van der Waals surface area contributed by atoms with E-state index < -0.39 is 0 Å². The van der Waals surface area contributed by atoms with E-state index in [0.29, 0.717) is 10.9 Å². The number of hydrogen-bond donors (Lipinski definition) is 0. The summed E-state index contributed by atoms with van der Waals surface area (Å²) >= 11 is 11.9. The molecule has 0 bridgehead atoms. The number of benzene rings is 2. The fourth-order valence-corrected chi connectivity index (χ4v) is 2.09. The van der Waals surface area contributed by atoms with Gasteiger partial charge in [-0.3, -0.25) is 0 Å². The van der Waals surface area contributed by atoms with E-state index in [2.05, 4.69) is 4.98 Å². The van der Waals surface area contributed by atoms with Crippen LogP contribution in [-0.4, -0.2) is 4.98 Å². The Bertz CT molecular complexity index is 734. The van der Waals surface area contributed by atoms with Gasteiger partial charge in [-0.2, -0.15) is 0 Å². The number of halogens is 2. The zero-order chi connectivity index (χ0) is 12.7. The van der Waals surface area contributed by atoms with E-state index in [1.54, 1.807) is 12.1 Å². The molecule has 0 fully saturated rings. The van der Waals surface area contributed by atoms with Gasteiger partial charge in [0.25, 0.3) is 0 Å². The first-order chi connectivity index (χ1) is 8.63. The molecule has 0 radical (unpaired) electrons. The van der Waals surface area contributed by atoms with Crippen molar-refractivity contribution in [3.05, 3.63) is 52.0 Å². The largest absolute Gasteiger partial charge is 0.436 e. The summed E-state index contributed by atoms with van der Waals surface area (Å²) in [4.78, 5) is 4.42. The van der Waals surface area contributed by atoms with E-state index in [1.165, 1.54) is 0 Å². The summed E-state index contributed by atoms with van der Waals surface area (Å²) in [5, 5.41) is 1.38. The van der Waals surface area contributed by atoms with Crippen LogP contribution in [0.15, 0.2) is 40.8 Å². The van der Waals surface area contributed by atoms with E-state index in [0.717, 1.165) is 27.2 Å². The first kappa shape index (κ1) is 11.6. The number of fused-ring (bicyclic) bond motifs is 1. The second-order valence-corrected chi connectivity index (χ2v) is 4.94. The Morgan fingerprint density at radius 1 is 1.06 bits per heavy atom. The summed E-state index contributed by atoms with van der Waals surface area (Å²) in [5.41, 5.74) is 3.38. The Morgan fingerprint density at radius 3 is 2.67 bits per heavy atom. The molecule has 3 rings (SSSR count). The van der Waals surface area contributed by atoms with Gasteiger partial charge in [-0.1, -0.05) is 23.2 Å². The van der Waals surface area contributed by atoms with Gasteiger partial charge < -0.3 is 4.42 Å². The lowest BCUT2D eigenvalue weighted by molar-refractivity contribution is 0.620. The molecule has 0 aliphatic rings. The molecular weight excluding hydrogens is 269 g/mol. The van der Waals surface area contributed by atoms with Crippen LogP contribution in [0.1, 0.15) is 5.56 Å². The van der Waals surface area contributed by atoms with Crippen molar-refractivity contribution in [1.29, 1.82) is 0 Å². The minimum Gasteiger partial charge on any atom is -0.436 e. The minimum absolute atomic E-state index is 0.576. The molecule has 0 unspecified atom stereocenters. The van der Waals surface area contributed by atoms with Gasteiger partial charge in [0.2, 0.25) is 5.89 Å². The molecule has 1 heterocycles. The molecule has 2 nitrogen and oxygen atoms in total. The molecule has 0 aliphatic carbocycles. The molecule has 0 N–H and O–H groups in total. The van der Waals surface area contributed by atoms with E-state index in [-0.39, 0.29) is 0 Å². The molecule has 18 heavy (non-hydrogen) atoms. The summed E-state index contributed by atoms with van der Waals surface area (Å²) in [5.74, 6) is 0.576. The standard InChI is InChI=1S/C14H9Cl2NO/c1-8-6-9(2-4-11(8)16)14-17-12-7-10(15)3-5-13(12)18-14/h2-7H,1H3. The van der Waals surface area contributed by atoms with E-state index >= 15 is 0 Å². The van der Waals surface area contributed by atoms with Crippen LogP contribution in [0.4, 0.5) is 0 Å². The molecule has 0 aliphatic heterocycles. The predicted octanol–water partition coefficient (Wildman–Crippen LogP) is 5.11. The third-order valence-electron chi connectivity index (χ3n) is 2.75. The van der Waals surface area contributed by atoms with Crippen LogP contribution in [-0.2, 0) is 0 Å². The lowest BCUT2D eigenvalue weighted by Crippen LogP contribution is -1.80. The van der Waals surface area contributed by atoms with Crippen LogP contribution in [0, 0.1) is 6.92 Å². The summed E-state index contributed by atoms with van der Waals surface area (Å²) in [6, 6.07) is 11.1. The fraction of sp³-hybridized carbons (Fsp3) is 0.0714. The Balaban J connectivity index is 2.16. The Kier molecular flexibility index (Phi) is 2.77. The van der Waals surface area contributed by atoms with Gasteiger partial charge in [0.15, 0.2) is 5.58 Å². The monoisotopic (exact) mass is 277 g/mol. The number of nitrogens with zero attached hydrogens (tertiary/aromatic N) is 1. The average molecular weight is 278 g/mol. The Labute approximate surface area is 114 Å². The third kappa shape index (κ3) is 1.98. The first-order valence-corrected chi connectivity index (χ1v) is 6.22. The van der Waals surface area contributed by atoms with Crippen molar-refractivity contribution in [2.24, 2.45) is 0 Å². The minimum atomic E-state index is 0.576. The van der Waals surface area contributed by atoms with Crippen molar-refractivity contribution < 1.29 is 4.42 Å². The summed E-state index contributed by atoms with van der Waals surface area (Å²) in [6.45, 7) is 1.95. The SMILES string of the molecule is Cc1cc(-c2nc3cc(Cl)ccc3o2)ccc1Cl. The van der Waals surface area contributed by atoms with Gasteiger partial charge in [0.05, 0.1) is 0 Å². The molecule has 0 atom stereocenters. The maximum absolute atomic E-state index is 6.00. The van der Waals surface area contributed by atoms with Gasteiger partial charge in [0.1, 0.15) is 5.52 Å². The number of aryl methyl sites for hydroxylation is 1. The number of rotatable bonds is 1. The molecular formula is C14H9Cl2NO. The Hall–Kier alpha value is -1.51. The fourth-order valence-electron chi connectivity index (χ4n) is 1.80. The first-order valence-electron chi connectivity index (χ1n) is 5.46. The average Bonchev–Trinajstić information content (AvgIpc) is 2.75. The molecule has 0 amide bonds. The highest BCUT2D eigenvalue weighted by molar-refractivity contribution is 6.31. The smallest absolute Gasteiger partial charge is 0.227 e. The molecule has 0 saturated heterocycles. The van der Waals surface area contributed by atoms with Crippen LogP contribution in [0.2, 0.25) is 10.0 Å². The predicted molar refractivity (Wildman–Crippen MR) is 74.2 cm³/mol. The van der Waals surface area contributed by atoms with Crippen LogP contribution >= 0.6 is 23.2 Å².